The number of aliphatic carboxylic acids is 1. The number of hydrogen-bond acceptors (Lipinski definition) is 5. The normalized spacial score (nSPS) is 39.9. The smallest absolute Gasteiger partial charge is 0.306 e. The summed E-state index contributed by atoms with van der Waals surface area (Å²) in [7, 11) is 1.50. The number of carboxylic acid groups (broad SMARTS) is 1. The van der Waals surface area contributed by atoms with Crippen molar-refractivity contribution in [2.45, 2.75) is 118 Å². The van der Waals surface area contributed by atoms with Crippen LogP contribution in [0.25, 0.3) is 0 Å². The molecule has 282 valence electrons. The number of hydrogen-bond donors (Lipinski definition) is 3. The Kier molecular flexibility index (Phi) is 11.7. The first-order valence-corrected chi connectivity index (χ1v) is 20.8. The van der Waals surface area contributed by atoms with Crippen LogP contribution in [0.1, 0.15) is 117 Å². The van der Waals surface area contributed by atoms with E-state index in [1.165, 1.54) is 56.7 Å². The van der Waals surface area contributed by atoms with Gasteiger partial charge in [0.15, 0.2) is 5.78 Å². The maximum Gasteiger partial charge on any atom is 0.306 e. The molecule has 7 rings (SSSR count). The van der Waals surface area contributed by atoms with Crippen molar-refractivity contribution in [3.63, 3.8) is 0 Å². The van der Waals surface area contributed by atoms with Crippen LogP contribution < -0.4 is 11.1 Å². The minimum Gasteiger partial charge on any atom is -0.481 e. The van der Waals surface area contributed by atoms with Crippen LogP contribution in [0.15, 0.2) is 35.4 Å². The third-order valence-electron chi connectivity index (χ3n) is 15.8. The summed E-state index contributed by atoms with van der Waals surface area (Å²) in [6.45, 7) is 13.2. The lowest BCUT2D eigenvalue weighted by Crippen LogP contribution is -2.55. The van der Waals surface area contributed by atoms with E-state index in [4.69, 9.17) is 11.6 Å². The van der Waals surface area contributed by atoms with Crippen molar-refractivity contribution >= 4 is 29.1 Å². The minimum atomic E-state index is -0.744. The van der Waals surface area contributed by atoms with E-state index in [1.54, 1.807) is 5.57 Å². The largest absolute Gasteiger partial charge is 0.481 e. The van der Waals surface area contributed by atoms with Gasteiger partial charge in [-0.25, -0.2) is 0 Å². The summed E-state index contributed by atoms with van der Waals surface area (Å²) in [6, 6.07) is 8.09. The third kappa shape index (κ3) is 6.93. The summed E-state index contributed by atoms with van der Waals surface area (Å²) in [4.78, 5) is 38.7. The van der Waals surface area contributed by atoms with E-state index in [0.717, 1.165) is 49.2 Å². The average Bonchev–Trinajstić information content (AvgIpc) is 3.40. The molecular weight excluding hydrogens is 656 g/mol. The number of nitrogens with one attached hydrogen (secondary N) is 1. The number of nitrogens with two attached hydrogens (primary N) is 1. The van der Waals surface area contributed by atoms with Gasteiger partial charge in [0.2, 0.25) is 0 Å². The fourth-order valence-corrected chi connectivity index (χ4v) is 13.5. The molecular formula is C44H65ClN2O4. The van der Waals surface area contributed by atoms with Crippen molar-refractivity contribution < 1.29 is 19.5 Å². The minimum absolute atomic E-state index is 0.0225. The molecule has 6 aliphatic rings. The van der Waals surface area contributed by atoms with Gasteiger partial charge in [-0.2, -0.15) is 0 Å². The third-order valence-corrected chi connectivity index (χ3v) is 16.1. The first kappa shape index (κ1) is 38.7. The molecule has 0 amide bonds. The van der Waals surface area contributed by atoms with Crippen LogP contribution in [0.5, 0.6) is 0 Å². The molecule has 0 aromatic heterocycles. The second kappa shape index (κ2) is 15.4. The van der Waals surface area contributed by atoms with Gasteiger partial charge in [0.1, 0.15) is 5.78 Å². The maximum atomic E-state index is 13.8. The van der Waals surface area contributed by atoms with Gasteiger partial charge in [0.05, 0.1) is 5.92 Å². The molecule has 1 aromatic carbocycles. The summed E-state index contributed by atoms with van der Waals surface area (Å²) in [5.41, 5.74) is 8.83. The second-order valence-corrected chi connectivity index (χ2v) is 18.7. The van der Waals surface area contributed by atoms with Gasteiger partial charge in [-0.05, 0) is 160 Å². The van der Waals surface area contributed by atoms with Crippen LogP contribution in [0.2, 0.25) is 5.02 Å². The molecule has 5 fully saturated rings. The predicted octanol–water partition coefficient (Wildman–Crippen LogP) is 9.14. The highest BCUT2D eigenvalue weighted by atomic mass is 35.5. The first-order chi connectivity index (χ1) is 24.3. The molecule has 0 spiro atoms. The van der Waals surface area contributed by atoms with Crippen LogP contribution >= 0.6 is 11.6 Å². The van der Waals surface area contributed by atoms with Crippen LogP contribution in [0.3, 0.4) is 0 Å². The molecule has 6 aliphatic carbocycles. The highest BCUT2D eigenvalue weighted by Gasteiger charge is 2.61. The molecule has 7 heteroatoms. The van der Waals surface area contributed by atoms with E-state index >= 15 is 0 Å². The monoisotopic (exact) mass is 720 g/mol. The molecule has 6 nitrogen and oxygen atoms in total. The summed E-state index contributed by atoms with van der Waals surface area (Å²) in [6.07, 6.45) is 12.7. The number of ketones is 2. The molecule has 12 atom stereocenters. The molecule has 51 heavy (non-hydrogen) atoms. The highest BCUT2D eigenvalue weighted by molar-refractivity contribution is 6.30. The Morgan fingerprint density at radius 2 is 1.73 bits per heavy atom. The summed E-state index contributed by atoms with van der Waals surface area (Å²) >= 11 is 6.24. The number of allylic oxidation sites excluding steroid dienone is 2. The standard InChI is InChI=1S/C43H60ClNO4.CH5N/c1-24(2)39-38(47)22-43(17-18-45-23-27-7-6-8-29(44)19-27)16-14-30-31-9-11-35-25(3)28(20-37(46)33-21-34(26(33)4)41(48)49)13-15-42(35,5)36(31)12-10-32(30)40(39)43;1-2/h6-8,19,24-26,28,30-36,45H,9-18,20-23H2,1-5H3,(H,48,49);2H2,1H3. The number of carbonyl (C=O) groups is 3. The zero-order valence-corrected chi connectivity index (χ0v) is 32.9. The molecule has 4 N–H and O–H groups in total. The van der Waals surface area contributed by atoms with Crippen molar-refractivity contribution in [1.82, 2.24) is 5.32 Å². The quantitative estimate of drug-likeness (QED) is 0.208. The molecule has 0 saturated heterocycles. The summed E-state index contributed by atoms with van der Waals surface area (Å²) < 4.78 is 0. The van der Waals surface area contributed by atoms with Crippen LogP contribution in [0, 0.1) is 75.9 Å². The van der Waals surface area contributed by atoms with Gasteiger partial charge < -0.3 is 16.2 Å². The number of carbonyl (C=O) groups excluding carboxylic acids is 2. The van der Waals surface area contributed by atoms with Gasteiger partial charge in [-0.1, -0.05) is 63.9 Å². The van der Waals surface area contributed by atoms with Crippen LogP contribution in [-0.4, -0.2) is 36.2 Å². The van der Waals surface area contributed by atoms with Gasteiger partial charge in [0, 0.05) is 35.7 Å². The number of rotatable bonds is 10. The van der Waals surface area contributed by atoms with E-state index < -0.39 is 5.97 Å². The number of fused-ring (bicyclic) bond motifs is 7. The topological polar surface area (TPSA) is 109 Å². The lowest BCUT2D eigenvalue weighted by atomic mass is 9.42. The van der Waals surface area contributed by atoms with Gasteiger partial charge in [-0.15, -0.1) is 0 Å². The first-order valence-electron chi connectivity index (χ1n) is 20.4. The lowest BCUT2D eigenvalue weighted by Gasteiger charge is -2.63. The number of carboxylic acids is 1. The van der Waals surface area contributed by atoms with E-state index in [9.17, 15) is 19.5 Å². The van der Waals surface area contributed by atoms with E-state index in [0.29, 0.717) is 65.8 Å². The van der Waals surface area contributed by atoms with Crippen molar-refractivity contribution in [3.8, 4) is 0 Å². The lowest BCUT2D eigenvalue weighted by molar-refractivity contribution is -0.154. The van der Waals surface area contributed by atoms with Crippen molar-refractivity contribution in [2.75, 3.05) is 13.6 Å². The van der Waals surface area contributed by atoms with Gasteiger partial charge in [0.25, 0.3) is 0 Å². The average molecular weight is 721 g/mol. The zero-order valence-electron chi connectivity index (χ0n) is 32.2. The molecule has 0 aliphatic heterocycles. The Morgan fingerprint density at radius 3 is 2.41 bits per heavy atom. The maximum absolute atomic E-state index is 13.8. The van der Waals surface area contributed by atoms with E-state index in [2.05, 4.69) is 44.8 Å². The predicted molar refractivity (Wildman–Crippen MR) is 205 cm³/mol. The molecule has 5 saturated carbocycles. The summed E-state index contributed by atoms with van der Waals surface area (Å²) in [5.74, 6) is 4.21. The van der Waals surface area contributed by atoms with Gasteiger partial charge in [-0.3, -0.25) is 14.4 Å². The Hall–Kier alpha value is -2.02. The molecule has 0 heterocycles. The number of benzene rings is 1. The molecule has 0 bridgehead atoms. The number of halogens is 1. The Morgan fingerprint density at radius 1 is 0.980 bits per heavy atom. The summed E-state index contributed by atoms with van der Waals surface area (Å²) in [5, 5.41) is 13.9. The van der Waals surface area contributed by atoms with Gasteiger partial charge >= 0.3 is 5.97 Å². The SMILES string of the molecule is CC(C)C1=C2C3CCC4C(CCC5C(C)C(CC(=O)C6CC(C(=O)O)C6C)CCC54C)C3CCC2(CCNCc2cccc(Cl)c2)CC1=O.CN. The highest BCUT2D eigenvalue weighted by Crippen LogP contribution is 2.68. The van der Waals surface area contributed by atoms with E-state index in [-0.39, 0.29) is 29.1 Å². The Labute approximate surface area is 312 Å². The number of Topliss-reactive ketones (excluding diaryl/α,β-unsaturated/α-hetero) is 2. The molecule has 12 unspecified atom stereocenters. The zero-order chi connectivity index (χ0) is 36.8. The van der Waals surface area contributed by atoms with Crippen LogP contribution in [-0.2, 0) is 20.9 Å². The molecule has 0 radical (unpaired) electrons. The molecule has 1 aromatic rings. The van der Waals surface area contributed by atoms with E-state index in [1.807, 2.05) is 25.1 Å². The van der Waals surface area contributed by atoms with Crippen molar-refractivity contribution in [1.29, 1.82) is 0 Å². The fraction of sp³-hybridized carbons (Fsp3) is 0.750. The second-order valence-electron chi connectivity index (χ2n) is 18.2. The Bertz CT molecular complexity index is 1510. The van der Waals surface area contributed by atoms with Crippen molar-refractivity contribution in [3.05, 3.63) is 46.0 Å². The van der Waals surface area contributed by atoms with Crippen molar-refractivity contribution in [2.24, 2.45) is 81.7 Å². The Balaban J connectivity index is 0.00000220. The van der Waals surface area contributed by atoms with Crippen LogP contribution in [0.4, 0.5) is 0 Å². The fourth-order valence-electron chi connectivity index (χ4n) is 13.3.